The fraction of sp³-hybridized carbons (Fsp3) is 0.433. The van der Waals surface area contributed by atoms with E-state index < -0.39 is 5.91 Å². The molecule has 1 atom stereocenters. The molecule has 0 radical (unpaired) electrons. The number of benzene rings is 1. The van der Waals surface area contributed by atoms with Crippen molar-refractivity contribution in [3.05, 3.63) is 82.7 Å². The second kappa shape index (κ2) is 12.3. The summed E-state index contributed by atoms with van der Waals surface area (Å²) < 4.78 is 19.8. The van der Waals surface area contributed by atoms with Gasteiger partial charge < -0.3 is 20.3 Å². The zero-order valence-electron chi connectivity index (χ0n) is 22.8. The van der Waals surface area contributed by atoms with E-state index in [2.05, 4.69) is 33.6 Å². The number of aromatic nitrogens is 2. The first-order chi connectivity index (χ1) is 18.3. The van der Waals surface area contributed by atoms with E-state index in [9.17, 15) is 9.18 Å². The van der Waals surface area contributed by atoms with Gasteiger partial charge in [0.05, 0.1) is 18.4 Å². The summed E-state index contributed by atoms with van der Waals surface area (Å²) in [5.41, 5.74) is 11.0. The molecule has 0 spiro atoms. The number of aryl methyl sites for hydroxylation is 3. The highest BCUT2D eigenvalue weighted by Crippen LogP contribution is 2.30. The summed E-state index contributed by atoms with van der Waals surface area (Å²) in [7, 11) is 1.48. The maximum Gasteiger partial charge on any atom is 0.250 e. The fourth-order valence-corrected chi connectivity index (χ4v) is 5.42. The molecule has 3 heterocycles. The third kappa shape index (κ3) is 6.30. The van der Waals surface area contributed by atoms with Gasteiger partial charge in [-0.25, -0.2) is 4.39 Å². The van der Waals surface area contributed by atoms with Crippen LogP contribution in [0, 0.1) is 19.7 Å². The molecular formula is C30H38FN5O2. The van der Waals surface area contributed by atoms with E-state index in [4.69, 9.17) is 10.5 Å². The molecule has 1 aromatic carbocycles. The summed E-state index contributed by atoms with van der Waals surface area (Å²) >= 11 is 0. The van der Waals surface area contributed by atoms with Gasteiger partial charge in [-0.15, -0.1) is 0 Å². The van der Waals surface area contributed by atoms with Crippen LogP contribution in [0.2, 0.25) is 0 Å². The van der Waals surface area contributed by atoms with E-state index in [1.165, 1.54) is 12.7 Å². The van der Waals surface area contributed by atoms with Crippen LogP contribution in [-0.4, -0.2) is 53.1 Å². The lowest BCUT2D eigenvalue weighted by molar-refractivity contribution is 0.0998. The Balaban J connectivity index is 1.44. The molecule has 0 bridgehead atoms. The van der Waals surface area contributed by atoms with Crippen molar-refractivity contribution in [3.8, 4) is 5.75 Å². The Morgan fingerprint density at radius 3 is 2.58 bits per heavy atom. The fourth-order valence-electron chi connectivity index (χ4n) is 5.42. The van der Waals surface area contributed by atoms with Gasteiger partial charge in [-0.05, 0) is 87.4 Å². The number of methoxy groups -OCH3 is 1. The molecule has 0 saturated carbocycles. The number of hydrogen-bond donors (Lipinski definition) is 1. The molecular weight excluding hydrogens is 481 g/mol. The molecule has 1 aliphatic rings. The van der Waals surface area contributed by atoms with Gasteiger partial charge in [0.2, 0.25) is 0 Å². The Kier molecular flexibility index (Phi) is 8.94. The minimum atomic E-state index is -0.419. The van der Waals surface area contributed by atoms with Crippen LogP contribution < -0.4 is 15.4 Å². The van der Waals surface area contributed by atoms with Crippen LogP contribution in [0.5, 0.6) is 5.75 Å². The highest BCUT2D eigenvalue weighted by atomic mass is 19.1. The highest BCUT2D eigenvalue weighted by Gasteiger charge is 2.28. The molecule has 7 nitrogen and oxygen atoms in total. The Labute approximate surface area is 224 Å². The molecule has 0 unspecified atom stereocenters. The van der Waals surface area contributed by atoms with E-state index in [1.807, 2.05) is 31.3 Å². The van der Waals surface area contributed by atoms with Crippen LogP contribution in [0.15, 0.2) is 48.9 Å². The van der Waals surface area contributed by atoms with Gasteiger partial charge in [0.25, 0.3) is 5.91 Å². The lowest BCUT2D eigenvalue weighted by atomic mass is 9.97. The number of pyridine rings is 2. The maximum absolute atomic E-state index is 14.7. The summed E-state index contributed by atoms with van der Waals surface area (Å²) in [4.78, 5) is 25.5. The zero-order chi connectivity index (χ0) is 27.2. The van der Waals surface area contributed by atoms with E-state index in [-0.39, 0.29) is 17.6 Å². The largest absolute Gasteiger partial charge is 0.494 e. The normalized spacial score (nSPS) is 15.3. The smallest absolute Gasteiger partial charge is 0.250 e. The van der Waals surface area contributed by atoms with Gasteiger partial charge in [0.1, 0.15) is 0 Å². The van der Waals surface area contributed by atoms with E-state index in [0.29, 0.717) is 24.6 Å². The number of halogens is 1. The number of anilines is 1. The number of likely N-dealkylation sites (tertiary alicyclic amines) is 1. The number of nitrogens with zero attached hydrogens (tertiary/aromatic N) is 4. The van der Waals surface area contributed by atoms with Gasteiger partial charge in [-0.2, -0.15) is 0 Å². The molecule has 38 heavy (non-hydrogen) atoms. The Morgan fingerprint density at radius 1 is 1.18 bits per heavy atom. The van der Waals surface area contributed by atoms with Gasteiger partial charge in [-0.3, -0.25) is 14.8 Å². The molecule has 2 aromatic heterocycles. The summed E-state index contributed by atoms with van der Waals surface area (Å²) in [5.74, 6) is -0.528. The average Bonchev–Trinajstić information content (AvgIpc) is 2.91. The maximum atomic E-state index is 14.7. The molecule has 2 N–H and O–H groups in total. The van der Waals surface area contributed by atoms with Gasteiger partial charge in [-0.1, -0.05) is 0 Å². The van der Waals surface area contributed by atoms with E-state index in [1.54, 1.807) is 24.5 Å². The topological polar surface area (TPSA) is 84.6 Å². The second-order valence-corrected chi connectivity index (χ2v) is 10.2. The Bertz CT molecular complexity index is 1260. The molecule has 0 aliphatic carbocycles. The number of hydrogen-bond acceptors (Lipinski definition) is 6. The lowest BCUT2D eigenvalue weighted by Gasteiger charge is -2.42. The predicted molar refractivity (Wildman–Crippen MR) is 148 cm³/mol. The third-order valence-electron chi connectivity index (χ3n) is 7.80. The van der Waals surface area contributed by atoms with Crippen molar-refractivity contribution < 1.29 is 13.9 Å². The molecule has 3 aromatic rings. The molecule has 4 rings (SSSR count). The van der Waals surface area contributed by atoms with E-state index in [0.717, 1.165) is 54.9 Å². The van der Waals surface area contributed by atoms with Crippen molar-refractivity contribution in [2.45, 2.75) is 65.1 Å². The van der Waals surface area contributed by atoms with Gasteiger partial charge in [0.15, 0.2) is 11.6 Å². The molecule has 202 valence electrons. The lowest BCUT2D eigenvalue weighted by Crippen LogP contribution is -2.47. The van der Waals surface area contributed by atoms with Crippen LogP contribution in [-0.2, 0) is 13.0 Å². The zero-order valence-corrected chi connectivity index (χ0v) is 22.8. The summed E-state index contributed by atoms with van der Waals surface area (Å²) in [6.07, 6.45) is 8.98. The average molecular weight is 520 g/mol. The van der Waals surface area contributed by atoms with Crippen molar-refractivity contribution in [3.63, 3.8) is 0 Å². The van der Waals surface area contributed by atoms with Crippen LogP contribution in [0.1, 0.15) is 58.9 Å². The highest BCUT2D eigenvalue weighted by molar-refractivity contribution is 5.95. The number of carbonyl (C=O) groups is 1. The number of ether oxygens (including phenoxy) is 1. The molecule has 1 aliphatic heterocycles. The molecule has 1 amide bonds. The van der Waals surface area contributed by atoms with Gasteiger partial charge >= 0.3 is 0 Å². The van der Waals surface area contributed by atoms with E-state index >= 15 is 0 Å². The summed E-state index contributed by atoms with van der Waals surface area (Å²) in [5, 5.41) is 0. The molecule has 1 saturated heterocycles. The first-order valence-corrected chi connectivity index (χ1v) is 13.3. The predicted octanol–water partition coefficient (Wildman–Crippen LogP) is 4.83. The first-order valence-electron chi connectivity index (χ1n) is 13.3. The molecule has 1 fully saturated rings. The first kappa shape index (κ1) is 27.5. The minimum Gasteiger partial charge on any atom is -0.494 e. The van der Waals surface area contributed by atoms with Crippen molar-refractivity contribution >= 4 is 11.6 Å². The monoisotopic (exact) mass is 519 g/mol. The standard InChI is InChI=1S/C30H38FN5O2/c1-20-9-13-33-18-23(20)19-36(25-6-8-28(38-4)26(31)17-25)24-11-15-35(16-12-24)22(3)5-7-27-29(30(32)37)21(2)10-14-34-27/h6,8-10,13-14,17-18,22,24H,5,7,11-12,15-16,19H2,1-4H3,(H2,32,37)/t22-/m1/s1. The number of piperidine rings is 1. The number of amides is 1. The minimum absolute atomic E-state index is 0.248. The number of rotatable bonds is 10. The number of nitrogens with two attached hydrogens (primary N) is 1. The number of primary amides is 1. The van der Waals surface area contributed by atoms with Gasteiger partial charge in [0, 0.05) is 62.1 Å². The van der Waals surface area contributed by atoms with Crippen molar-refractivity contribution in [1.29, 1.82) is 0 Å². The van der Waals surface area contributed by atoms with Crippen molar-refractivity contribution in [2.75, 3.05) is 25.1 Å². The van der Waals surface area contributed by atoms with Crippen molar-refractivity contribution in [1.82, 2.24) is 14.9 Å². The van der Waals surface area contributed by atoms with Crippen LogP contribution >= 0.6 is 0 Å². The Hall–Kier alpha value is -3.52. The van der Waals surface area contributed by atoms with Crippen LogP contribution in [0.25, 0.3) is 0 Å². The second-order valence-electron chi connectivity index (χ2n) is 10.2. The van der Waals surface area contributed by atoms with Crippen LogP contribution in [0.3, 0.4) is 0 Å². The summed E-state index contributed by atoms with van der Waals surface area (Å²) in [6.45, 7) is 8.76. The SMILES string of the molecule is COc1ccc(N(Cc2cnccc2C)C2CCN([C@H](C)CCc3nccc(C)c3C(N)=O)CC2)cc1F. The van der Waals surface area contributed by atoms with Crippen molar-refractivity contribution in [2.24, 2.45) is 5.73 Å². The quantitative estimate of drug-likeness (QED) is 0.413. The summed E-state index contributed by atoms with van der Waals surface area (Å²) in [6, 6.07) is 9.66. The molecule has 8 heteroatoms. The number of carbonyl (C=O) groups excluding carboxylic acids is 1. The Morgan fingerprint density at radius 2 is 1.92 bits per heavy atom. The van der Waals surface area contributed by atoms with Crippen LogP contribution in [0.4, 0.5) is 10.1 Å². The third-order valence-corrected chi connectivity index (χ3v) is 7.80.